The van der Waals surface area contributed by atoms with Crippen LogP contribution in [0.3, 0.4) is 0 Å². The third-order valence-electron chi connectivity index (χ3n) is 4.14. The predicted molar refractivity (Wildman–Crippen MR) is 88.2 cm³/mol. The number of nitrogens with two attached hydrogens (primary N) is 1. The molecule has 1 fully saturated rings. The van der Waals surface area contributed by atoms with Crippen molar-refractivity contribution in [1.29, 1.82) is 0 Å². The van der Waals surface area contributed by atoms with Gasteiger partial charge >= 0.3 is 5.97 Å². The van der Waals surface area contributed by atoms with Crippen molar-refractivity contribution in [3.05, 3.63) is 35.9 Å². The maximum Gasteiger partial charge on any atom is 0.310 e. The molecular weight excluding hydrogens is 332 g/mol. The van der Waals surface area contributed by atoms with Crippen molar-refractivity contribution in [2.45, 2.75) is 25.9 Å². The standard InChI is InChI=1S/C16H22N2O5S/c1-2-24(21,22)18-10-8-13(9-11-18)16(20)23-14(15(17)19)12-6-4-3-5-7-12/h3-7,13-14H,2,8-11H2,1H3,(H2,17,19)/t14-/m1/s1. The van der Waals surface area contributed by atoms with Gasteiger partial charge in [0.1, 0.15) is 0 Å². The molecule has 1 heterocycles. The highest BCUT2D eigenvalue weighted by molar-refractivity contribution is 7.89. The fourth-order valence-electron chi connectivity index (χ4n) is 2.68. The molecule has 0 unspecified atom stereocenters. The summed E-state index contributed by atoms with van der Waals surface area (Å²) in [5.74, 6) is -1.64. The number of carbonyl (C=O) groups is 2. The molecule has 1 atom stereocenters. The van der Waals surface area contributed by atoms with Crippen LogP contribution >= 0.6 is 0 Å². The van der Waals surface area contributed by atoms with E-state index in [0.717, 1.165) is 0 Å². The average molecular weight is 354 g/mol. The summed E-state index contributed by atoms with van der Waals surface area (Å²) in [4.78, 5) is 23.9. The number of rotatable bonds is 6. The minimum atomic E-state index is -3.24. The second kappa shape index (κ2) is 7.76. The van der Waals surface area contributed by atoms with E-state index in [-0.39, 0.29) is 18.8 Å². The molecule has 0 saturated carbocycles. The monoisotopic (exact) mass is 354 g/mol. The Morgan fingerprint density at radius 1 is 1.25 bits per heavy atom. The van der Waals surface area contributed by atoms with Crippen LogP contribution in [0.5, 0.6) is 0 Å². The first-order chi connectivity index (χ1) is 11.3. The van der Waals surface area contributed by atoms with Crippen LogP contribution < -0.4 is 5.73 Å². The van der Waals surface area contributed by atoms with E-state index in [1.807, 2.05) is 0 Å². The zero-order valence-corrected chi connectivity index (χ0v) is 14.4. The summed E-state index contributed by atoms with van der Waals surface area (Å²) in [6.45, 7) is 2.15. The zero-order chi connectivity index (χ0) is 17.7. The van der Waals surface area contributed by atoms with Gasteiger partial charge in [-0.3, -0.25) is 9.59 Å². The van der Waals surface area contributed by atoms with E-state index in [0.29, 0.717) is 18.4 Å². The molecule has 0 radical (unpaired) electrons. The van der Waals surface area contributed by atoms with Crippen molar-refractivity contribution in [3.63, 3.8) is 0 Å². The lowest BCUT2D eigenvalue weighted by Gasteiger charge is -2.30. The smallest absolute Gasteiger partial charge is 0.310 e. The number of carbonyl (C=O) groups excluding carboxylic acids is 2. The largest absolute Gasteiger partial charge is 0.447 e. The molecule has 8 heteroatoms. The van der Waals surface area contributed by atoms with Crippen LogP contribution in [0.4, 0.5) is 0 Å². The molecular formula is C16H22N2O5S. The Bertz CT molecular complexity index is 682. The van der Waals surface area contributed by atoms with E-state index in [1.54, 1.807) is 37.3 Å². The van der Waals surface area contributed by atoms with Gasteiger partial charge in [-0.25, -0.2) is 12.7 Å². The van der Waals surface area contributed by atoms with Gasteiger partial charge in [0.05, 0.1) is 11.7 Å². The van der Waals surface area contributed by atoms with Crippen molar-refractivity contribution in [1.82, 2.24) is 4.31 Å². The normalized spacial score (nSPS) is 18.0. The van der Waals surface area contributed by atoms with Gasteiger partial charge in [-0.1, -0.05) is 30.3 Å². The summed E-state index contributed by atoms with van der Waals surface area (Å²) in [5.41, 5.74) is 5.86. The van der Waals surface area contributed by atoms with Crippen molar-refractivity contribution < 1.29 is 22.7 Å². The number of hydrogen-bond donors (Lipinski definition) is 1. The molecule has 1 aliphatic rings. The van der Waals surface area contributed by atoms with Gasteiger partial charge in [0.2, 0.25) is 16.1 Å². The Balaban J connectivity index is 1.99. The molecule has 0 aromatic heterocycles. The highest BCUT2D eigenvalue weighted by atomic mass is 32.2. The molecule has 7 nitrogen and oxygen atoms in total. The highest BCUT2D eigenvalue weighted by Crippen LogP contribution is 2.25. The molecule has 1 amide bonds. The van der Waals surface area contributed by atoms with E-state index in [1.165, 1.54) is 4.31 Å². The van der Waals surface area contributed by atoms with E-state index in [9.17, 15) is 18.0 Å². The van der Waals surface area contributed by atoms with Gasteiger partial charge in [0.25, 0.3) is 5.91 Å². The first-order valence-corrected chi connectivity index (χ1v) is 9.48. The second-order valence-corrected chi connectivity index (χ2v) is 7.96. The second-order valence-electron chi connectivity index (χ2n) is 5.70. The first-order valence-electron chi connectivity index (χ1n) is 7.87. The topological polar surface area (TPSA) is 107 Å². The molecule has 24 heavy (non-hydrogen) atoms. The quantitative estimate of drug-likeness (QED) is 0.761. The third-order valence-corrected chi connectivity index (χ3v) is 6.02. The molecule has 1 aliphatic heterocycles. The Morgan fingerprint density at radius 3 is 2.33 bits per heavy atom. The van der Waals surface area contributed by atoms with Crippen LogP contribution in [0.25, 0.3) is 0 Å². The van der Waals surface area contributed by atoms with Crippen LogP contribution in [0, 0.1) is 5.92 Å². The number of amides is 1. The number of hydrogen-bond acceptors (Lipinski definition) is 5. The molecule has 2 rings (SSSR count). The summed E-state index contributed by atoms with van der Waals surface area (Å²) in [7, 11) is -3.24. The lowest BCUT2D eigenvalue weighted by atomic mass is 9.98. The minimum Gasteiger partial charge on any atom is -0.447 e. The number of esters is 1. The summed E-state index contributed by atoms with van der Waals surface area (Å²) in [6.07, 6.45) is -0.382. The lowest BCUT2D eigenvalue weighted by molar-refractivity contribution is -0.160. The van der Waals surface area contributed by atoms with Gasteiger partial charge in [-0.2, -0.15) is 0 Å². The summed E-state index contributed by atoms with van der Waals surface area (Å²) >= 11 is 0. The summed E-state index contributed by atoms with van der Waals surface area (Å²) in [6, 6.07) is 8.58. The van der Waals surface area contributed by atoms with Crippen molar-refractivity contribution in [2.75, 3.05) is 18.8 Å². The predicted octanol–water partition coefficient (Wildman–Crippen LogP) is 0.818. The van der Waals surface area contributed by atoms with E-state index < -0.39 is 33.9 Å². The van der Waals surface area contributed by atoms with E-state index in [2.05, 4.69) is 0 Å². The highest BCUT2D eigenvalue weighted by Gasteiger charge is 2.33. The van der Waals surface area contributed by atoms with Gasteiger partial charge in [-0.15, -0.1) is 0 Å². The lowest BCUT2D eigenvalue weighted by Crippen LogP contribution is -2.41. The molecule has 1 saturated heterocycles. The number of sulfonamides is 1. The van der Waals surface area contributed by atoms with Crippen molar-refractivity contribution in [3.8, 4) is 0 Å². The molecule has 0 aliphatic carbocycles. The first kappa shape index (κ1) is 18.4. The Labute approximate surface area is 141 Å². The molecule has 0 bridgehead atoms. The number of ether oxygens (including phenoxy) is 1. The Hall–Kier alpha value is -1.93. The van der Waals surface area contributed by atoms with Gasteiger partial charge in [0, 0.05) is 18.7 Å². The molecule has 1 aromatic carbocycles. The number of primary amides is 1. The van der Waals surface area contributed by atoms with Gasteiger partial charge < -0.3 is 10.5 Å². The van der Waals surface area contributed by atoms with Crippen LogP contribution in [-0.2, 0) is 24.3 Å². The fraction of sp³-hybridized carbons (Fsp3) is 0.500. The zero-order valence-electron chi connectivity index (χ0n) is 13.6. The molecule has 2 N–H and O–H groups in total. The van der Waals surface area contributed by atoms with Crippen molar-refractivity contribution in [2.24, 2.45) is 11.7 Å². The Kier molecular flexibility index (Phi) is 5.95. The van der Waals surface area contributed by atoms with Crippen LogP contribution in [0.1, 0.15) is 31.4 Å². The average Bonchev–Trinajstić information content (AvgIpc) is 2.60. The SMILES string of the molecule is CCS(=O)(=O)N1CCC(C(=O)O[C@@H](C(N)=O)c2ccccc2)CC1. The maximum absolute atomic E-state index is 12.3. The van der Waals surface area contributed by atoms with Crippen LogP contribution in [-0.4, -0.2) is 43.4 Å². The fourth-order valence-corrected chi connectivity index (χ4v) is 3.82. The summed E-state index contributed by atoms with van der Waals surface area (Å²) in [5, 5.41) is 0. The number of nitrogens with zero attached hydrogens (tertiary/aromatic N) is 1. The molecule has 1 aromatic rings. The van der Waals surface area contributed by atoms with E-state index in [4.69, 9.17) is 10.5 Å². The minimum absolute atomic E-state index is 0.0415. The number of benzene rings is 1. The van der Waals surface area contributed by atoms with Crippen LogP contribution in [0.2, 0.25) is 0 Å². The number of piperidine rings is 1. The Morgan fingerprint density at radius 2 is 1.83 bits per heavy atom. The third kappa shape index (κ3) is 4.33. The van der Waals surface area contributed by atoms with Crippen molar-refractivity contribution >= 4 is 21.9 Å². The van der Waals surface area contributed by atoms with Gasteiger partial charge in [-0.05, 0) is 19.8 Å². The van der Waals surface area contributed by atoms with Crippen LogP contribution in [0.15, 0.2) is 30.3 Å². The summed E-state index contributed by atoms with van der Waals surface area (Å²) < 4.78 is 30.4. The van der Waals surface area contributed by atoms with E-state index >= 15 is 0 Å². The molecule has 0 spiro atoms. The van der Waals surface area contributed by atoms with Gasteiger partial charge in [0.15, 0.2) is 0 Å². The molecule has 132 valence electrons. The maximum atomic E-state index is 12.3.